The van der Waals surface area contributed by atoms with E-state index in [0.717, 1.165) is 34.6 Å². The van der Waals surface area contributed by atoms with Gasteiger partial charge in [-0.05, 0) is 61.4 Å². The van der Waals surface area contributed by atoms with E-state index in [2.05, 4.69) is 23.1 Å². The zero-order valence-corrected chi connectivity index (χ0v) is 18.1. The summed E-state index contributed by atoms with van der Waals surface area (Å²) in [5.74, 6) is 2.19. The summed E-state index contributed by atoms with van der Waals surface area (Å²) in [4.78, 5) is 18.1. The largest absolute Gasteiger partial charge is 0.494 e. The molecule has 7 heteroatoms. The third-order valence-electron chi connectivity index (χ3n) is 5.08. The van der Waals surface area contributed by atoms with Gasteiger partial charge in [0.05, 0.1) is 11.1 Å². The molecule has 0 N–H and O–H groups in total. The van der Waals surface area contributed by atoms with Gasteiger partial charge in [-0.1, -0.05) is 36.5 Å². The summed E-state index contributed by atoms with van der Waals surface area (Å²) < 4.78 is 13.6. The first-order valence-electron chi connectivity index (χ1n) is 10.2. The number of rotatable bonds is 5. The van der Waals surface area contributed by atoms with Gasteiger partial charge in [0.2, 0.25) is 4.96 Å². The second-order valence-electron chi connectivity index (χ2n) is 7.36. The molecule has 156 valence electrons. The van der Waals surface area contributed by atoms with Crippen LogP contribution >= 0.6 is 11.3 Å². The topological polar surface area (TPSA) is 65.7 Å². The van der Waals surface area contributed by atoms with Crippen molar-refractivity contribution in [3.8, 4) is 22.9 Å². The van der Waals surface area contributed by atoms with E-state index < -0.39 is 0 Å². The molecule has 4 aromatic rings. The average Bonchev–Trinajstić information content (AvgIpc) is 3.32. The minimum absolute atomic E-state index is 0.138. The van der Waals surface area contributed by atoms with Crippen molar-refractivity contribution >= 4 is 28.4 Å². The van der Waals surface area contributed by atoms with E-state index in [1.165, 1.54) is 15.9 Å². The average molecular weight is 432 g/mol. The van der Waals surface area contributed by atoms with E-state index in [1.54, 1.807) is 0 Å². The Morgan fingerprint density at radius 2 is 2.00 bits per heavy atom. The number of benzene rings is 2. The summed E-state index contributed by atoms with van der Waals surface area (Å²) in [6.07, 6.45) is 4.76. The Balaban J connectivity index is 1.48. The van der Waals surface area contributed by atoms with Crippen LogP contribution in [0.15, 0.2) is 58.9 Å². The molecule has 0 unspecified atom stereocenters. The monoisotopic (exact) mass is 431 g/mol. The Labute approximate surface area is 183 Å². The Morgan fingerprint density at radius 3 is 2.77 bits per heavy atom. The molecular formula is C24H21N3O3S. The molecule has 2 aromatic carbocycles. The first-order chi connectivity index (χ1) is 15.1. The number of nitrogens with zero attached hydrogens (tertiary/aromatic N) is 3. The van der Waals surface area contributed by atoms with Gasteiger partial charge in [-0.25, -0.2) is 0 Å². The molecule has 0 fully saturated rings. The molecule has 0 aliphatic carbocycles. The SMILES string of the molecule is CCCOc1ccc(-c2nc3s/c(=C\C4=Cc5ccccc5O[C@@H]4C)c(=O)n3n2)cc1. The molecule has 3 heterocycles. The molecule has 2 aromatic heterocycles. The van der Waals surface area contributed by atoms with Gasteiger partial charge >= 0.3 is 0 Å². The van der Waals surface area contributed by atoms with E-state index >= 15 is 0 Å². The number of aromatic nitrogens is 3. The standard InChI is InChI=1S/C24H21N3O3S/c1-3-12-29-19-10-8-16(9-11-19)22-25-24-27(26-22)23(28)21(31-24)14-18-13-17-6-4-5-7-20(17)30-15(18)2/h4-11,13-15H,3,12H2,1-2H3/b21-14-/t15-/m1/s1. The summed E-state index contributed by atoms with van der Waals surface area (Å²) in [6.45, 7) is 4.73. The van der Waals surface area contributed by atoms with Gasteiger partial charge in [0.1, 0.15) is 17.6 Å². The summed E-state index contributed by atoms with van der Waals surface area (Å²) in [7, 11) is 0. The fourth-order valence-electron chi connectivity index (χ4n) is 3.45. The summed E-state index contributed by atoms with van der Waals surface area (Å²) in [6, 6.07) is 15.5. The van der Waals surface area contributed by atoms with Crippen LogP contribution < -0.4 is 19.6 Å². The molecular weight excluding hydrogens is 410 g/mol. The zero-order chi connectivity index (χ0) is 21.4. The van der Waals surface area contributed by atoms with Gasteiger partial charge in [-0.15, -0.1) is 5.10 Å². The van der Waals surface area contributed by atoms with Crippen molar-refractivity contribution in [2.45, 2.75) is 26.4 Å². The van der Waals surface area contributed by atoms with Crippen LogP contribution in [0.1, 0.15) is 25.8 Å². The highest BCUT2D eigenvalue weighted by Gasteiger charge is 2.18. The van der Waals surface area contributed by atoms with Gasteiger partial charge in [-0.2, -0.15) is 9.50 Å². The van der Waals surface area contributed by atoms with Crippen LogP contribution in [0.25, 0.3) is 28.5 Å². The second kappa shape index (κ2) is 8.00. The van der Waals surface area contributed by atoms with Crippen molar-refractivity contribution in [3.63, 3.8) is 0 Å². The highest BCUT2D eigenvalue weighted by molar-refractivity contribution is 7.15. The van der Waals surface area contributed by atoms with Crippen LogP contribution in [-0.2, 0) is 0 Å². The number of hydrogen-bond acceptors (Lipinski definition) is 6. The number of hydrogen-bond donors (Lipinski definition) is 0. The molecule has 6 nitrogen and oxygen atoms in total. The maximum atomic E-state index is 12.9. The maximum Gasteiger partial charge on any atom is 0.291 e. The first kappa shape index (κ1) is 19.5. The van der Waals surface area contributed by atoms with E-state index in [-0.39, 0.29) is 11.7 Å². The zero-order valence-electron chi connectivity index (χ0n) is 17.2. The molecule has 0 spiro atoms. The predicted molar refractivity (Wildman–Crippen MR) is 123 cm³/mol. The summed E-state index contributed by atoms with van der Waals surface area (Å²) >= 11 is 1.33. The molecule has 0 amide bonds. The van der Waals surface area contributed by atoms with Gasteiger partial charge in [0.15, 0.2) is 5.82 Å². The lowest BCUT2D eigenvalue weighted by Gasteiger charge is -2.22. The normalized spacial score (nSPS) is 16.1. The van der Waals surface area contributed by atoms with Crippen LogP contribution in [0.5, 0.6) is 11.5 Å². The van der Waals surface area contributed by atoms with Gasteiger partial charge in [0, 0.05) is 11.1 Å². The number of thiazole rings is 1. The molecule has 31 heavy (non-hydrogen) atoms. The van der Waals surface area contributed by atoms with Crippen molar-refractivity contribution in [1.82, 2.24) is 14.6 Å². The Bertz CT molecular complexity index is 1390. The van der Waals surface area contributed by atoms with Crippen molar-refractivity contribution in [3.05, 3.63) is 74.6 Å². The van der Waals surface area contributed by atoms with Gasteiger partial charge in [-0.3, -0.25) is 4.79 Å². The number of para-hydroxylation sites is 1. The number of ether oxygens (including phenoxy) is 2. The molecule has 0 saturated heterocycles. The lowest BCUT2D eigenvalue weighted by Crippen LogP contribution is -2.26. The summed E-state index contributed by atoms with van der Waals surface area (Å²) in [5.41, 5.74) is 2.63. The predicted octanol–water partition coefficient (Wildman–Crippen LogP) is 3.97. The fourth-order valence-corrected chi connectivity index (χ4v) is 4.36. The lowest BCUT2D eigenvalue weighted by molar-refractivity contribution is 0.259. The molecule has 1 aliphatic heterocycles. The van der Waals surface area contributed by atoms with Crippen LogP contribution in [0, 0.1) is 0 Å². The van der Waals surface area contributed by atoms with E-state index in [4.69, 9.17) is 9.47 Å². The quantitative estimate of drug-likeness (QED) is 0.478. The molecule has 5 rings (SSSR count). The van der Waals surface area contributed by atoms with E-state index in [9.17, 15) is 4.79 Å². The smallest absolute Gasteiger partial charge is 0.291 e. The summed E-state index contributed by atoms with van der Waals surface area (Å²) in [5, 5.41) is 4.43. The van der Waals surface area contributed by atoms with E-state index in [0.29, 0.717) is 21.9 Å². The molecule has 1 aliphatic rings. The Kier molecular flexibility index (Phi) is 5.03. The van der Waals surface area contributed by atoms with Gasteiger partial charge < -0.3 is 9.47 Å². The molecule has 0 radical (unpaired) electrons. The minimum atomic E-state index is -0.173. The highest BCUT2D eigenvalue weighted by atomic mass is 32.1. The third kappa shape index (κ3) is 3.72. The van der Waals surface area contributed by atoms with Crippen molar-refractivity contribution in [2.75, 3.05) is 6.61 Å². The fraction of sp³-hybridized carbons (Fsp3) is 0.208. The number of fused-ring (bicyclic) bond motifs is 2. The minimum Gasteiger partial charge on any atom is -0.494 e. The van der Waals surface area contributed by atoms with Crippen molar-refractivity contribution < 1.29 is 9.47 Å². The van der Waals surface area contributed by atoms with E-state index in [1.807, 2.05) is 61.5 Å². The van der Waals surface area contributed by atoms with Crippen molar-refractivity contribution in [2.24, 2.45) is 0 Å². The Hall–Kier alpha value is -3.45. The first-order valence-corrected chi connectivity index (χ1v) is 11.1. The molecule has 0 bridgehead atoms. The lowest BCUT2D eigenvalue weighted by atomic mass is 10.0. The van der Waals surface area contributed by atoms with Crippen LogP contribution in [0.4, 0.5) is 0 Å². The van der Waals surface area contributed by atoms with Crippen LogP contribution in [0.2, 0.25) is 0 Å². The van der Waals surface area contributed by atoms with Crippen LogP contribution in [-0.4, -0.2) is 27.3 Å². The molecule has 0 saturated carbocycles. The van der Waals surface area contributed by atoms with Crippen LogP contribution in [0.3, 0.4) is 0 Å². The maximum absolute atomic E-state index is 12.9. The highest BCUT2D eigenvalue weighted by Crippen LogP contribution is 2.29. The third-order valence-corrected chi connectivity index (χ3v) is 6.04. The van der Waals surface area contributed by atoms with Gasteiger partial charge in [0.25, 0.3) is 5.56 Å². The van der Waals surface area contributed by atoms with Crippen molar-refractivity contribution in [1.29, 1.82) is 0 Å². The molecule has 1 atom stereocenters. The second-order valence-corrected chi connectivity index (χ2v) is 8.37. The Morgan fingerprint density at radius 1 is 1.19 bits per heavy atom.